The second kappa shape index (κ2) is 4.39. The van der Waals surface area contributed by atoms with Crippen molar-refractivity contribution in [2.45, 2.75) is 6.04 Å². The van der Waals surface area contributed by atoms with Crippen molar-refractivity contribution in [2.75, 3.05) is 0 Å². The van der Waals surface area contributed by atoms with Crippen LogP contribution in [0, 0.1) is 34.0 Å². The smallest absolute Gasteiger partial charge is 0.175 e. The molecule has 1 aliphatic rings. The number of nitriles is 3. The molecule has 0 spiro atoms. The van der Waals surface area contributed by atoms with Crippen LogP contribution in [0.1, 0.15) is 11.6 Å². The summed E-state index contributed by atoms with van der Waals surface area (Å²) < 4.78 is 1.58. The van der Waals surface area contributed by atoms with Gasteiger partial charge >= 0.3 is 0 Å². The van der Waals surface area contributed by atoms with Crippen LogP contribution < -0.4 is 0 Å². The lowest BCUT2D eigenvalue weighted by Gasteiger charge is -2.02. The summed E-state index contributed by atoms with van der Waals surface area (Å²) in [5.41, 5.74) is 2.13. The number of hydrogen-bond acceptors (Lipinski definition) is 4. The first kappa shape index (κ1) is 11.7. The number of nitrogens with zero attached hydrogens (tertiary/aromatic N) is 5. The molecule has 0 bridgehead atoms. The van der Waals surface area contributed by atoms with Crippen LogP contribution in [-0.2, 0) is 0 Å². The highest BCUT2D eigenvalue weighted by Gasteiger charge is 2.31. The van der Waals surface area contributed by atoms with Crippen LogP contribution in [0.5, 0.6) is 0 Å². The minimum absolute atomic E-state index is 0.124. The molecule has 20 heavy (non-hydrogen) atoms. The van der Waals surface area contributed by atoms with E-state index in [1.54, 1.807) is 10.8 Å². The van der Waals surface area contributed by atoms with E-state index < -0.39 is 6.04 Å². The number of benzene rings is 1. The molecule has 3 rings (SSSR count). The van der Waals surface area contributed by atoms with E-state index in [1.165, 1.54) is 0 Å². The van der Waals surface area contributed by atoms with Gasteiger partial charge in [-0.1, -0.05) is 30.3 Å². The standard InChI is InChI=1S/C15H7N5/c16-6-11-12(10-4-2-1-3-5-10)9-20-14(8-18)13(7-17)19-15(11)20/h1-5,9,14H. The predicted octanol–water partition coefficient (Wildman–Crippen LogP) is 2.70. The SMILES string of the molecule is N#CC1=Nc2c(C#N)c(-c3ccccc3)cn2C1C#N. The monoisotopic (exact) mass is 257 g/mol. The van der Waals surface area contributed by atoms with Gasteiger partial charge in [-0.05, 0) is 5.56 Å². The number of aliphatic imine (C=N–C) groups is 1. The number of rotatable bonds is 1. The summed E-state index contributed by atoms with van der Waals surface area (Å²) in [4.78, 5) is 4.11. The van der Waals surface area contributed by atoms with Gasteiger partial charge in [-0.25, -0.2) is 4.99 Å². The van der Waals surface area contributed by atoms with Crippen molar-refractivity contribution in [3.63, 3.8) is 0 Å². The first-order valence-electron chi connectivity index (χ1n) is 5.88. The minimum atomic E-state index is -0.750. The van der Waals surface area contributed by atoms with E-state index in [4.69, 9.17) is 5.26 Å². The lowest BCUT2D eigenvalue weighted by Crippen LogP contribution is -2.09. The van der Waals surface area contributed by atoms with Crippen LogP contribution >= 0.6 is 0 Å². The van der Waals surface area contributed by atoms with Gasteiger partial charge in [0.2, 0.25) is 0 Å². The van der Waals surface area contributed by atoms with Crippen molar-refractivity contribution in [3.8, 4) is 29.3 Å². The molecular formula is C15H7N5. The molecule has 2 aromatic rings. The van der Waals surface area contributed by atoms with Gasteiger partial charge in [0.25, 0.3) is 0 Å². The Balaban J connectivity index is 2.25. The second-order valence-electron chi connectivity index (χ2n) is 4.27. The third-order valence-electron chi connectivity index (χ3n) is 3.20. The summed E-state index contributed by atoms with van der Waals surface area (Å²) in [5, 5.41) is 27.5. The Labute approximate surface area is 115 Å². The summed E-state index contributed by atoms with van der Waals surface area (Å²) in [7, 11) is 0. The molecule has 1 aromatic carbocycles. The average Bonchev–Trinajstić information content (AvgIpc) is 3.02. The molecular weight excluding hydrogens is 250 g/mol. The number of aromatic nitrogens is 1. The Bertz CT molecular complexity index is 837. The van der Waals surface area contributed by atoms with E-state index >= 15 is 0 Å². The molecule has 0 N–H and O–H groups in total. The van der Waals surface area contributed by atoms with Gasteiger partial charge in [0.05, 0.1) is 6.07 Å². The Morgan fingerprint density at radius 3 is 2.40 bits per heavy atom. The molecule has 0 fully saturated rings. The maximum atomic E-state index is 9.35. The highest BCUT2D eigenvalue weighted by Crippen LogP contribution is 2.38. The van der Waals surface area contributed by atoms with Crippen LogP contribution in [-0.4, -0.2) is 10.3 Å². The molecule has 0 amide bonds. The van der Waals surface area contributed by atoms with Crippen molar-refractivity contribution < 1.29 is 0 Å². The normalized spacial score (nSPS) is 15.7. The molecule has 5 nitrogen and oxygen atoms in total. The maximum Gasteiger partial charge on any atom is 0.175 e. The van der Waals surface area contributed by atoms with Gasteiger partial charge in [0.1, 0.15) is 17.7 Å². The lowest BCUT2D eigenvalue weighted by molar-refractivity contribution is 0.813. The lowest BCUT2D eigenvalue weighted by atomic mass is 10.1. The fourth-order valence-electron chi connectivity index (χ4n) is 2.29. The van der Waals surface area contributed by atoms with Crippen molar-refractivity contribution in [2.24, 2.45) is 4.99 Å². The van der Waals surface area contributed by atoms with Gasteiger partial charge in [-0.15, -0.1) is 0 Å². The third-order valence-corrected chi connectivity index (χ3v) is 3.20. The second-order valence-corrected chi connectivity index (χ2v) is 4.27. The van der Waals surface area contributed by atoms with E-state index in [0.29, 0.717) is 11.4 Å². The highest BCUT2D eigenvalue weighted by molar-refractivity contribution is 6.07. The van der Waals surface area contributed by atoms with Gasteiger partial charge in [-0.2, -0.15) is 15.8 Å². The fraction of sp³-hybridized carbons (Fsp3) is 0.0667. The van der Waals surface area contributed by atoms with Gasteiger partial charge < -0.3 is 4.57 Å². The number of fused-ring (bicyclic) bond motifs is 1. The highest BCUT2D eigenvalue weighted by atomic mass is 15.2. The van der Waals surface area contributed by atoms with Crippen molar-refractivity contribution in [1.82, 2.24) is 4.57 Å². The third kappa shape index (κ3) is 1.50. The molecule has 1 aliphatic heterocycles. The predicted molar refractivity (Wildman–Crippen MR) is 71.9 cm³/mol. The van der Waals surface area contributed by atoms with Crippen molar-refractivity contribution in [3.05, 3.63) is 42.1 Å². The molecule has 0 radical (unpaired) electrons. The number of hydrogen-bond donors (Lipinski definition) is 0. The van der Waals surface area contributed by atoms with Gasteiger partial charge in [-0.3, -0.25) is 0 Å². The molecule has 2 heterocycles. The Kier molecular flexibility index (Phi) is 2.57. The van der Waals surface area contributed by atoms with E-state index in [-0.39, 0.29) is 5.71 Å². The zero-order chi connectivity index (χ0) is 14.1. The summed E-state index contributed by atoms with van der Waals surface area (Å²) >= 11 is 0. The molecule has 1 aromatic heterocycles. The first-order chi connectivity index (χ1) is 9.80. The van der Waals surface area contributed by atoms with E-state index in [0.717, 1.165) is 11.1 Å². The van der Waals surface area contributed by atoms with Crippen LogP contribution in [0.15, 0.2) is 41.5 Å². The molecule has 0 saturated heterocycles. The summed E-state index contributed by atoms with van der Waals surface area (Å²) in [6, 6.07) is 14.7. The van der Waals surface area contributed by atoms with Crippen LogP contribution in [0.3, 0.4) is 0 Å². The van der Waals surface area contributed by atoms with Crippen molar-refractivity contribution >= 4 is 11.5 Å². The molecule has 92 valence electrons. The summed E-state index contributed by atoms with van der Waals surface area (Å²) in [6.45, 7) is 0. The van der Waals surface area contributed by atoms with Crippen LogP contribution in [0.25, 0.3) is 11.1 Å². The largest absolute Gasteiger partial charge is 0.308 e. The Hall–Kier alpha value is -3.36. The molecule has 1 unspecified atom stereocenters. The molecule has 0 saturated carbocycles. The maximum absolute atomic E-state index is 9.35. The first-order valence-corrected chi connectivity index (χ1v) is 5.88. The van der Waals surface area contributed by atoms with Gasteiger partial charge in [0.15, 0.2) is 17.6 Å². The average molecular weight is 257 g/mol. The quantitative estimate of drug-likeness (QED) is 0.786. The van der Waals surface area contributed by atoms with E-state index in [1.807, 2.05) is 42.5 Å². The topological polar surface area (TPSA) is 88.7 Å². The molecule has 0 aliphatic carbocycles. The summed E-state index contributed by atoms with van der Waals surface area (Å²) in [6.07, 6.45) is 1.71. The van der Waals surface area contributed by atoms with Crippen LogP contribution in [0.4, 0.5) is 5.82 Å². The molecule has 1 atom stereocenters. The fourth-order valence-corrected chi connectivity index (χ4v) is 2.29. The van der Waals surface area contributed by atoms with Crippen molar-refractivity contribution in [1.29, 1.82) is 15.8 Å². The van der Waals surface area contributed by atoms with Gasteiger partial charge in [0, 0.05) is 11.8 Å². The van der Waals surface area contributed by atoms with E-state index in [9.17, 15) is 10.5 Å². The van der Waals surface area contributed by atoms with E-state index in [2.05, 4.69) is 11.1 Å². The summed E-state index contributed by atoms with van der Waals surface area (Å²) in [5.74, 6) is 0.384. The zero-order valence-electron chi connectivity index (χ0n) is 10.3. The van der Waals surface area contributed by atoms with Crippen LogP contribution in [0.2, 0.25) is 0 Å². The minimum Gasteiger partial charge on any atom is -0.308 e. The Morgan fingerprint density at radius 2 is 1.80 bits per heavy atom. The molecule has 5 heteroatoms. The Morgan fingerprint density at radius 1 is 1.05 bits per heavy atom. The zero-order valence-corrected chi connectivity index (χ0v) is 10.3.